The average Bonchev–Trinajstić information content (AvgIpc) is 3.49. The summed E-state index contributed by atoms with van der Waals surface area (Å²) >= 11 is 12.5. The molecule has 2 heterocycles. The zero-order valence-corrected chi connectivity index (χ0v) is 24.0. The fraction of sp³-hybridized carbons (Fsp3) is 0.533. The normalized spacial score (nSPS) is 30.0. The number of fused-ring (bicyclic) bond motifs is 2. The van der Waals surface area contributed by atoms with Crippen LogP contribution in [0.4, 0.5) is 10.1 Å². The van der Waals surface area contributed by atoms with Crippen LogP contribution in [-0.2, 0) is 15.0 Å². The highest BCUT2D eigenvalue weighted by Gasteiger charge is 2.65. The monoisotopic (exact) mass is 575 g/mol. The summed E-state index contributed by atoms with van der Waals surface area (Å²) in [5.74, 6) is -1.40. The number of aliphatic hydroxyl groups excluding tert-OH is 1. The molecule has 2 amide bonds. The van der Waals surface area contributed by atoms with Crippen molar-refractivity contribution in [3.63, 3.8) is 0 Å². The predicted molar refractivity (Wildman–Crippen MR) is 152 cm³/mol. The van der Waals surface area contributed by atoms with Crippen molar-refractivity contribution in [2.24, 2.45) is 11.3 Å². The molecule has 2 aromatic carbocycles. The number of hydrogen-bond acceptors (Lipinski definition) is 4. The van der Waals surface area contributed by atoms with E-state index in [1.165, 1.54) is 12.1 Å². The molecule has 1 spiro atoms. The summed E-state index contributed by atoms with van der Waals surface area (Å²) in [5.41, 5.74) is 0.211. The zero-order chi connectivity index (χ0) is 28.1. The van der Waals surface area contributed by atoms with Crippen molar-refractivity contribution in [2.45, 2.75) is 82.4 Å². The Balaban J connectivity index is 1.58. The maximum Gasteiger partial charge on any atom is 0.237 e. The highest BCUT2D eigenvalue weighted by atomic mass is 35.5. The Morgan fingerprint density at radius 3 is 2.64 bits per heavy atom. The Morgan fingerprint density at radius 1 is 1.21 bits per heavy atom. The second-order valence-electron chi connectivity index (χ2n) is 12.5. The van der Waals surface area contributed by atoms with Crippen molar-refractivity contribution < 1.29 is 19.1 Å². The van der Waals surface area contributed by atoms with Crippen LogP contribution in [0, 0.1) is 17.2 Å². The molecule has 210 valence electrons. The van der Waals surface area contributed by atoms with E-state index >= 15 is 0 Å². The largest absolute Gasteiger partial charge is 0.393 e. The number of anilines is 1. The Kier molecular flexibility index (Phi) is 7.74. The molecular formula is C30H36Cl2FN3O3. The van der Waals surface area contributed by atoms with Gasteiger partial charge in [0.2, 0.25) is 11.8 Å². The molecule has 0 unspecified atom stereocenters. The first-order valence-electron chi connectivity index (χ1n) is 13.7. The molecule has 1 saturated heterocycles. The minimum atomic E-state index is -1.27. The van der Waals surface area contributed by atoms with Gasteiger partial charge in [0.1, 0.15) is 11.2 Å². The molecule has 0 aromatic heterocycles. The van der Waals surface area contributed by atoms with Crippen molar-refractivity contribution in [1.29, 1.82) is 0 Å². The van der Waals surface area contributed by atoms with E-state index in [0.29, 0.717) is 35.2 Å². The molecule has 4 N–H and O–H groups in total. The molecule has 2 aliphatic heterocycles. The second-order valence-corrected chi connectivity index (χ2v) is 13.4. The average molecular weight is 577 g/mol. The lowest BCUT2D eigenvalue weighted by Crippen LogP contribution is -2.49. The van der Waals surface area contributed by atoms with Gasteiger partial charge >= 0.3 is 0 Å². The Morgan fingerprint density at radius 2 is 1.97 bits per heavy atom. The zero-order valence-electron chi connectivity index (χ0n) is 22.5. The van der Waals surface area contributed by atoms with E-state index in [-0.39, 0.29) is 28.4 Å². The number of carbonyl (C=O) groups is 2. The van der Waals surface area contributed by atoms with Crippen LogP contribution in [0.2, 0.25) is 10.0 Å². The van der Waals surface area contributed by atoms with Crippen molar-refractivity contribution in [2.75, 3.05) is 11.9 Å². The number of benzene rings is 2. The van der Waals surface area contributed by atoms with Gasteiger partial charge in [0.15, 0.2) is 0 Å². The Labute approximate surface area is 239 Å². The quantitative estimate of drug-likeness (QED) is 0.363. The van der Waals surface area contributed by atoms with Crippen molar-refractivity contribution in [3.8, 4) is 0 Å². The van der Waals surface area contributed by atoms with Gasteiger partial charge in [-0.15, -0.1) is 0 Å². The summed E-state index contributed by atoms with van der Waals surface area (Å²) in [6.45, 7) is 6.71. The van der Waals surface area contributed by atoms with Crippen molar-refractivity contribution >= 4 is 40.7 Å². The molecule has 3 aliphatic rings. The van der Waals surface area contributed by atoms with Crippen LogP contribution in [0.3, 0.4) is 0 Å². The highest BCUT2D eigenvalue weighted by Crippen LogP contribution is 2.57. The van der Waals surface area contributed by atoms with E-state index in [2.05, 4.69) is 36.7 Å². The van der Waals surface area contributed by atoms with E-state index in [4.69, 9.17) is 23.2 Å². The first-order valence-corrected chi connectivity index (χ1v) is 14.4. The maximum atomic E-state index is 15.0. The number of rotatable bonds is 6. The molecule has 39 heavy (non-hydrogen) atoms. The minimum Gasteiger partial charge on any atom is -0.393 e. The number of halogens is 3. The Bertz CT molecular complexity index is 1280. The summed E-state index contributed by atoms with van der Waals surface area (Å²) in [4.78, 5) is 28.0. The summed E-state index contributed by atoms with van der Waals surface area (Å²) in [7, 11) is 0. The lowest BCUT2D eigenvalue weighted by atomic mass is 9.62. The molecule has 6 nitrogen and oxygen atoms in total. The van der Waals surface area contributed by atoms with Gasteiger partial charge in [-0.3, -0.25) is 9.59 Å². The van der Waals surface area contributed by atoms with E-state index in [1.54, 1.807) is 18.2 Å². The predicted octanol–water partition coefficient (Wildman–Crippen LogP) is 5.55. The Hall–Kier alpha value is -2.19. The summed E-state index contributed by atoms with van der Waals surface area (Å²) < 4.78 is 15.0. The van der Waals surface area contributed by atoms with Crippen LogP contribution in [0.25, 0.3) is 0 Å². The topological polar surface area (TPSA) is 90.5 Å². The number of amides is 2. The fourth-order valence-electron chi connectivity index (χ4n) is 6.95. The summed E-state index contributed by atoms with van der Waals surface area (Å²) in [6.07, 6.45) is 3.58. The van der Waals surface area contributed by atoms with Gasteiger partial charge in [-0.25, -0.2) is 4.39 Å². The van der Waals surface area contributed by atoms with Gasteiger partial charge < -0.3 is 21.1 Å². The molecular weight excluding hydrogens is 540 g/mol. The van der Waals surface area contributed by atoms with E-state index in [9.17, 15) is 19.1 Å². The van der Waals surface area contributed by atoms with Crippen molar-refractivity contribution in [3.05, 3.63) is 63.4 Å². The lowest BCUT2D eigenvalue weighted by molar-refractivity contribution is -0.123. The number of carbonyl (C=O) groups excluding carboxylic acids is 2. The number of nitrogens with one attached hydrogen (secondary N) is 3. The lowest BCUT2D eigenvalue weighted by Gasteiger charge is -2.37. The summed E-state index contributed by atoms with van der Waals surface area (Å²) in [6, 6.07) is 8.77. The first-order chi connectivity index (χ1) is 18.4. The first kappa shape index (κ1) is 28.3. The van der Waals surface area contributed by atoms with Crippen LogP contribution < -0.4 is 16.0 Å². The van der Waals surface area contributed by atoms with E-state index < -0.39 is 29.2 Å². The molecule has 5 rings (SSSR count). The molecule has 2 fully saturated rings. The van der Waals surface area contributed by atoms with E-state index in [0.717, 1.165) is 31.2 Å². The number of aliphatic hydroxyl groups is 1. The van der Waals surface area contributed by atoms with E-state index in [1.807, 2.05) is 6.07 Å². The molecule has 6 atom stereocenters. The van der Waals surface area contributed by atoms with Gasteiger partial charge in [0, 0.05) is 29.2 Å². The smallest absolute Gasteiger partial charge is 0.237 e. The third-order valence-electron chi connectivity index (χ3n) is 8.56. The van der Waals surface area contributed by atoms with Crippen LogP contribution in [0.1, 0.15) is 69.9 Å². The molecule has 0 bridgehead atoms. The van der Waals surface area contributed by atoms with Crippen LogP contribution in [0.15, 0.2) is 36.4 Å². The highest BCUT2D eigenvalue weighted by molar-refractivity contribution is 6.31. The fourth-order valence-corrected chi connectivity index (χ4v) is 7.32. The summed E-state index contributed by atoms with van der Waals surface area (Å²) in [5, 5.41) is 19.8. The second kappa shape index (κ2) is 10.7. The SMILES string of the molecule is CC(C)(C)C[C@H]1N[C@@H](C(=O)NCC[C@@H]2CC[C@@H](O)C2)[C@H](c2cccc(Cl)c2)[C@@]12C(=O)Nc1cc(Cl)c(F)cc12. The van der Waals surface area contributed by atoms with Gasteiger partial charge in [-0.05, 0) is 78.8 Å². The third-order valence-corrected chi connectivity index (χ3v) is 9.08. The maximum absolute atomic E-state index is 15.0. The van der Waals surface area contributed by atoms with Crippen LogP contribution in [-0.4, -0.2) is 41.7 Å². The molecule has 1 aliphatic carbocycles. The molecule has 9 heteroatoms. The van der Waals surface area contributed by atoms with Gasteiger partial charge in [-0.1, -0.05) is 56.1 Å². The number of hydrogen-bond donors (Lipinski definition) is 4. The van der Waals surface area contributed by atoms with Crippen LogP contribution >= 0.6 is 23.2 Å². The standard InChI is InChI=1S/C30H36Cl2FN3O3/c1-29(2,3)15-24-30(20-13-22(33)21(32)14-23(20)35-28(30)39)25(17-5-4-6-18(31)12-17)26(36-24)27(38)34-10-9-16-7-8-19(37)11-16/h4-6,12-14,16,19,24-26,36-37H,7-11,15H2,1-3H3,(H,34,38)(H,35,39)/t16-,19+,24+,25-,26+,30-/m0/s1. The van der Waals surface area contributed by atoms with Gasteiger partial charge in [-0.2, -0.15) is 0 Å². The molecule has 2 aromatic rings. The van der Waals surface area contributed by atoms with Crippen molar-refractivity contribution in [1.82, 2.24) is 10.6 Å². The minimum absolute atomic E-state index is 0.0740. The third kappa shape index (κ3) is 5.31. The molecule has 1 saturated carbocycles. The van der Waals surface area contributed by atoms with Gasteiger partial charge in [0.05, 0.1) is 17.2 Å². The van der Waals surface area contributed by atoms with Gasteiger partial charge in [0.25, 0.3) is 0 Å². The molecule has 0 radical (unpaired) electrons. The van der Waals surface area contributed by atoms with Crippen LogP contribution in [0.5, 0.6) is 0 Å².